The van der Waals surface area contributed by atoms with Crippen molar-refractivity contribution in [1.82, 2.24) is 0 Å². The molecule has 0 atom stereocenters. The maximum Gasteiger partial charge on any atom is 0.256 e. The lowest BCUT2D eigenvalue weighted by molar-refractivity contribution is -0.145. The molecule has 1 aliphatic carbocycles. The van der Waals surface area contributed by atoms with E-state index in [4.69, 9.17) is 14.2 Å². The molecule has 5 heteroatoms. The Morgan fingerprint density at radius 1 is 1.04 bits per heavy atom. The van der Waals surface area contributed by atoms with Gasteiger partial charge in [-0.1, -0.05) is 19.3 Å². The molecule has 2 rings (SSSR count). The number of nitrogens with one attached hydrogen (secondary N) is 1. The lowest BCUT2D eigenvalue weighted by atomic mass is 9.83. The Kier molecular flexibility index (Phi) is 7.53. The Bertz CT molecular complexity index is 489. The highest BCUT2D eigenvalue weighted by atomic mass is 16.5. The average Bonchev–Trinajstić information content (AvgIpc) is 2.61. The number of anilines is 1. The fourth-order valence-electron chi connectivity index (χ4n) is 3.08. The Morgan fingerprint density at radius 3 is 2.38 bits per heavy atom. The fraction of sp³-hybridized carbons (Fsp3) is 0.632. The van der Waals surface area contributed by atoms with E-state index in [1.54, 1.807) is 0 Å². The van der Waals surface area contributed by atoms with Crippen molar-refractivity contribution in [2.75, 3.05) is 31.7 Å². The number of amides is 1. The second kappa shape index (κ2) is 9.64. The van der Waals surface area contributed by atoms with Gasteiger partial charge in [-0.25, -0.2) is 0 Å². The zero-order chi connectivity index (χ0) is 17.3. The second-order valence-corrected chi connectivity index (χ2v) is 6.01. The van der Waals surface area contributed by atoms with Gasteiger partial charge in [0.2, 0.25) is 0 Å². The number of hydrogen-bond acceptors (Lipinski definition) is 4. The molecule has 1 N–H and O–H groups in total. The van der Waals surface area contributed by atoms with E-state index in [1.807, 2.05) is 38.1 Å². The standard InChI is InChI=1S/C19H29NO4/c1-3-22-14-15-23-17-10-8-16(9-11-17)20-18(21)19(24-4-2)12-6-5-7-13-19/h8-11H,3-7,12-15H2,1-2H3,(H,20,21). The highest BCUT2D eigenvalue weighted by Crippen LogP contribution is 2.33. The minimum atomic E-state index is -0.667. The highest BCUT2D eigenvalue weighted by Gasteiger charge is 2.40. The van der Waals surface area contributed by atoms with Crippen LogP contribution in [0.15, 0.2) is 24.3 Å². The van der Waals surface area contributed by atoms with Crippen molar-refractivity contribution in [2.24, 2.45) is 0 Å². The molecule has 1 saturated carbocycles. The quantitative estimate of drug-likeness (QED) is 0.698. The molecule has 1 aliphatic rings. The van der Waals surface area contributed by atoms with Crippen LogP contribution < -0.4 is 10.1 Å². The van der Waals surface area contributed by atoms with E-state index < -0.39 is 5.60 Å². The second-order valence-electron chi connectivity index (χ2n) is 6.01. The molecule has 5 nitrogen and oxygen atoms in total. The van der Waals surface area contributed by atoms with Crippen molar-refractivity contribution in [2.45, 2.75) is 51.6 Å². The molecule has 1 amide bonds. The largest absolute Gasteiger partial charge is 0.491 e. The first-order chi connectivity index (χ1) is 11.7. The van der Waals surface area contributed by atoms with E-state index >= 15 is 0 Å². The Hall–Kier alpha value is -1.59. The summed E-state index contributed by atoms with van der Waals surface area (Å²) in [4.78, 5) is 12.7. The monoisotopic (exact) mass is 335 g/mol. The number of hydrogen-bond donors (Lipinski definition) is 1. The van der Waals surface area contributed by atoms with Crippen LogP contribution in [0.2, 0.25) is 0 Å². The van der Waals surface area contributed by atoms with Crippen LogP contribution >= 0.6 is 0 Å². The average molecular weight is 335 g/mol. The zero-order valence-electron chi connectivity index (χ0n) is 14.8. The summed E-state index contributed by atoms with van der Waals surface area (Å²) >= 11 is 0. The highest BCUT2D eigenvalue weighted by molar-refractivity contribution is 5.97. The van der Waals surface area contributed by atoms with Gasteiger partial charge in [-0.3, -0.25) is 4.79 Å². The molecule has 0 spiro atoms. The first kappa shape index (κ1) is 18.7. The van der Waals surface area contributed by atoms with Crippen LogP contribution in [-0.2, 0) is 14.3 Å². The van der Waals surface area contributed by atoms with Gasteiger partial charge in [-0.2, -0.15) is 0 Å². The summed E-state index contributed by atoms with van der Waals surface area (Å²) in [6.45, 7) is 6.24. The number of benzene rings is 1. The van der Waals surface area contributed by atoms with E-state index in [-0.39, 0.29) is 5.91 Å². The molecule has 0 bridgehead atoms. The summed E-state index contributed by atoms with van der Waals surface area (Å²) in [5.41, 5.74) is 0.0986. The lowest BCUT2D eigenvalue weighted by Gasteiger charge is -2.35. The Balaban J connectivity index is 1.90. The molecular weight excluding hydrogens is 306 g/mol. The summed E-state index contributed by atoms with van der Waals surface area (Å²) in [5.74, 6) is 0.735. The van der Waals surface area contributed by atoms with Gasteiger partial charge in [0.1, 0.15) is 18.0 Å². The van der Waals surface area contributed by atoms with E-state index in [9.17, 15) is 4.79 Å². The normalized spacial score (nSPS) is 16.6. The van der Waals surface area contributed by atoms with Crippen LogP contribution in [-0.4, -0.2) is 37.9 Å². The first-order valence-corrected chi connectivity index (χ1v) is 8.96. The van der Waals surface area contributed by atoms with Crippen LogP contribution in [0.4, 0.5) is 5.69 Å². The minimum Gasteiger partial charge on any atom is -0.491 e. The number of carbonyl (C=O) groups excluding carboxylic acids is 1. The molecule has 0 radical (unpaired) electrons. The summed E-state index contributed by atoms with van der Waals surface area (Å²) in [6, 6.07) is 7.43. The Labute approximate surface area is 144 Å². The third-order valence-corrected chi connectivity index (χ3v) is 4.31. The molecule has 1 aromatic carbocycles. The summed E-state index contributed by atoms with van der Waals surface area (Å²) in [5, 5.41) is 3.00. The van der Waals surface area contributed by atoms with E-state index in [2.05, 4.69) is 5.32 Å². The van der Waals surface area contributed by atoms with Crippen molar-refractivity contribution in [1.29, 1.82) is 0 Å². The molecule has 24 heavy (non-hydrogen) atoms. The van der Waals surface area contributed by atoms with E-state index in [0.29, 0.717) is 26.4 Å². The van der Waals surface area contributed by atoms with Gasteiger partial charge in [0, 0.05) is 18.9 Å². The number of rotatable bonds is 9. The van der Waals surface area contributed by atoms with E-state index in [0.717, 1.165) is 37.1 Å². The lowest BCUT2D eigenvalue weighted by Crippen LogP contribution is -2.47. The van der Waals surface area contributed by atoms with Gasteiger partial charge in [0.05, 0.1) is 6.61 Å². The van der Waals surface area contributed by atoms with Gasteiger partial charge in [-0.05, 0) is 51.0 Å². The first-order valence-electron chi connectivity index (χ1n) is 8.96. The van der Waals surface area contributed by atoms with Crippen LogP contribution in [0.1, 0.15) is 46.0 Å². The van der Waals surface area contributed by atoms with Crippen molar-refractivity contribution < 1.29 is 19.0 Å². The maximum atomic E-state index is 12.7. The van der Waals surface area contributed by atoms with Crippen LogP contribution in [0, 0.1) is 0 Å². The van der Waals surface area contributed by atoms with E-state index in [1.165, 1.54) is 6.42 Å². The summed E-state index contributed by atoms with van der Waals surface area (Å²) in [6.07, 6.45) is 4.85. The van der Waals surface area contributed by atoms with Crippen LogP contribution in [0.5, 0.6) is 5.75 Å². The predicted octanol–water partition coefficient (Wildman–Crippen LogP) is 3.78. The molecule has 0 heterocycles. The van der Waals surface area contributed by atoms with Gasteiger partial charge < -0.3 is 19.5 Å². The van der Waals surface area contributed by atoms with Crippen molar-refractivity contribution in [3.63, 3.8) is 0 Å². The fourth-order valence-corrected chi connectivity index (χ4v) is 3.08. The van der Waals surface area contributed by atoms with Gasteiger partial charge >= 0.3 is 0 Å². The molecule has 1 fully saturated rings. The zero-order valence-corrected chi connectivity index (χ0v) is 14.8. The molecule has 0 aromatic heterocycles. The van der Waals surface area contributed by atoms with Crippen molar-refractivity contribution in [3.05, 3.63) is 24.3 Å². The molecule has 0 aliphatic heterocycles. The van der Waals surface area contributed by atoms with Crippen LogP contribution in [0.25, 0.3) is 0 Å². The number of carbonyl (C=O) groups is 1. The van der Waals surface area contributed by atoms with Gasteiger partial charge in [0.15, 0.2) is 0 Å². The summed E-state index contributed by atoms with van der Waals surface area (Å²) in [7, 11) is 0. The van der Waals surface area contributed by atoms with Crippen molar-refractivity contribution in [3.8, 4) is 5.75 Å². The molecule has 0 unspecified atom stereocenters. The minimum absolute atomic E-state index is 0.0333. The third-order valence-electron chi connectivity index (χ3n) is 4.31. The molecular formula is C19H29NO4. The topological polar surface area (TPSA) is 56.8 Å². The predicted molar refractivity (Wildman–Crippen MR) is 94.5 cm³/mol. The van der Waals surface area contributed by atoms with Crippen LogP contribution in [0.3, 0.4) is 0 Å². The third kappa shape index (κ3) is 5.21. The van der Waals surface area contributed by atoms with Crippen molar-refractivity contribution >= 4 is 11.6 Å². The Morgan fingerprint density at radius 2 is 1.75 bits per heavy atom. The molecule has 134 valence electrons. The maximum absolute atomic E-state index is 12.7. The molecule has 1 aromatic rings. The van der Waals surface area contributed by atoms with Gasteiger partial charge in [-0.15, -0.1) is 0 Å². The smallest absolute Gasteiger partial charge is 0.256 e. The number of ether oxygens (including phenoxy) is 3. The molecule has 0 saturated heterocycles. The summed E-state index contributed by atoms with van der Waals surface area (Å²) < 4.78 is 16.7. The van der Waals surface area contributed by atoms with Gasteiger partial charge in [0.25, 0.3) is 5.91 Å². The SMILES string of the molecule is CCOCCOc1ccc(NC(=O)C2(OCC)CCCCC2)cc1.